The lowest BCUT2D eigenvalue weighted by Crippen LogP contribution is -2.02. The molecule has 0 radical (unpaired) electrons. The van der Waals surface area contributed by atoms with Crippen molar-refractivity contribution in [1.82, 2.24) is 9.97 Å². The second-order valence-electron chi connectivity index (χ2n) is 8.49. The van der Waals surface area contributed by atoms with Gasteiger partial charge in [0.25, 0.3) is 0 Å². The minimum Gasteiger partial charge on any atom is -0.354 e. The molecule has 1 aromatic heterocycles. The van der Waals surface area contributed by atoms with E-state index in [0.29, 0.717) is 0 Å². The van der Waals surface area contributed by atoms with Crippen LogP contribution in [-0.4, -0.2) is 9.97 Å². The number of rotatable bonds is 6. The molecule has 4 heteroatoms. The number of hydrogen-bond donors (Lipinski definition) is 2. The molecule has 172 valence electrons. The number of anilines is 4. The van der Waals surface area contributed by atoms with E-state index in [1.54, 1.807) is 0 Å². The molecule has 5 aromatic carbocycles. The van der Waals surface area contributed by atoms with Crippen LogP contribution in [0.1, 0.15) is 0 Å². The van der Waals surface area contributed by atoms with E-state index in [-0.39, 0.29) is 0 Å². The summed E-state index contributed by atoms with van der Waals surface area (Å²) in [5.74, 6) is 0. The van der Waals surface area contributed by atoms with Crippen molar-refractivity contribution >= 4 is 33.8 Å². The predicted octanol–water partition coefficient (Wildman–Crippen LogP) is 8.45. The number of aromatic nitrogens is 2. The standard InChI is InChI=1S/C32H24N4/c1-5-13-23(14-6-1)29-30(24-15-7-2-8-16-24)36-32-28(34-26-19-11-4-12-20-26)22-21-27(31(32)35-29)33-25-17-9-3-10-18-25/h1-22,33-34H. The molecular weight excluding hydrogens is 440 g/mol. The van der Waals surface area contributed by atoms with E-state index < -0.39 is 0 Å². The maximum Gasteiger partial charge on any atom is 0.115 e. The molecule has 0 bridgehead atoms. The molecule has 0 aliphatic rings. The number of fused-ring (bicyclic) bond motifs is 1. The van der Waals surface area contributed by atoms with E-state index >= 15 is 0 Å². The van der Waals surface area contributed by atoms with Crippen molar-refractivity contribution in [1.29, 1.82) is 0 Å². The fourth-order valence-corrected chi connectivity index (χ4v) is 4.29. The van der Waals surface area contributed by atoms with E-state index in [0.717, 1.165) is 56.3 Å². The Kier molecular flexibility index (Phi) is 5.83. The van der Waals surface area contributed by atoms with Gasteiger partial charge in [-0.25, -0.2) is 9.97 Å². The summed E-state index contributed by atoms with van der Waals surface area (Å²) in [4.78, 5) is 10.5. The quantitative estimate of drug-likeness (QED) is 0.260. The van der Waals surface area contributed by atoms with E-state index in [2.05, 4.69) is 47.0 Å². The van der Waals surface area contributed by atoms with Crippen LogP contribution >= 0.6 is 0 Å². The van der Waals surface area contributed by atoms with Gasteiger partial charge in [-0.05, 0) is 36.4 Å². The van der Waals surface area contributed by atoms with E-state index in [1.165, 1.54) is 0 Å². The number of para-hydroxylation sites is 2. The van der Waals surface area contributed by atoms with Gasteiger partial charge < -0.3 is 10.6 Å². The molecule has 0 spiro atoms. The van der Waals surface area contributed by atoms with Gasteiger partial charge in [-0.2, -0.15) is 0 Å². The average molecular weight is 465 g/mol. The first-order chi connectivity index (χ1) is 17.8. The largest absolute Gasteiger partial charge is 0.354 e. The van der Waals surface area contributed by atoms with Crippen LogP contribution in [0.25, 0.3) is 33.5 Å². The lowest BCUT2D eigenvalue weighted by molar-refractivity contribution is 1.29. The number of hydrogen-bond acceptors (Lipinski definition) is 4. The maximum atomic E-state index is 5.26. The summed E-state index contributed by atoms with van der Waals surface area (Å²) < 4.78 is 0. The minimum absolute atomic E-state index is 0.804. The lowest BCUT2D eigenvalue weighted by atomic mass is 10.0. The van der Waals surface area contributed by atoms with Crippen molar-refractivity contribution in [2.75, 3.05) is 10.6 Å². The Balaban J connectivity index is 1.61. The van der Waals surface area contributed by atoms with E-state index in [9.17, 15) is 0 Å². The van der Waals surface area contributed by atoms with Crippen LogP contribution < -0.4 is 10.6 Å². The highest BCUT2D eigenvalue weighted by Gasteiger charge is 2.17. The summed E-state index contributed by atoms with van der Waals surface area (Å²) in [6, 6.07) is 44.9. The van der Waals surface area contributed by atoms with Gasteiger partial charge in [-0.3, -0.25) is 0 Å². The smallest absolute Gasteiger partial charge is 0.115 e. The highest BCUT2D eigenvalue weighted by Crippen LogP contribution is 2.37. The van der Waals surface area contributed by atoms with Crippen molar-refractivity contribution in [2.45, 2.75) is 0 Å². The van der Waals surface area contributed by atoms with Crippen molar-refractivity contribution in [3.8, 4) is 22.5 Å². The van der Waals surface area contributed by atoms with Crippen molar-refractivity contribution in [3.05, 3.63) is 133 Å². The fraction of sp³-hybridized carbons (Fsp3) is 0. The molecule has 0 saturated carbocycles. The zero-order valence-electron chi connectivity index (χ0n) is 19.6. The monoisotopic (exact) mass is 464 g/mol. The average Bonchev–Trinajstić information content (AvgIpc) is 2.96. The first-order valence-electron chi connectivity index (χ1n) is 11.9. The number of nitrogens with zero attached hydrogens (tertiary/aromatic N) is 2. The first-order valence-corrected chi connectivity index (χ1v) is 11.9. The predicted molar refractivity (Wildman–Crippen MR) is 150 cm³/mol. The third kappa shape index (κ3) is 4.40. The van der Waals surface area contributed by atoms with Crippen LogP contribution in [0.2, 0.25) is 0 Å². The van der Waals surface area contributed by atoms with Crippen LogP contribution in [0.5, 0.6) is 0 Å². The Morgan fingerprint density at radius 2 is 0.694 bits per heavy atom. The van der Waals surface area contributed by atoms with Gasteiger partial charge in [0, 0.05) is 22.5 Å². The Hall–Kier alpha value is -4.96. The van der Waals surface area contributed by atoms with Crippen LogP contribution in [0.15, 0.2) is 133 Å². The summed E-state index contributed by atoms with van der Waals surface area (Å²) >= 11 is 0. The van der Waals surface area contributed by atoms with Gasteiger partial charge in [0.05, 0.1) is 22.8 Å². The SMILES string of the molecule is c1ccc(Nc2ccc(Nc3ccccc3)c3nc(-c4ccccc4)c(-c4ccccc4)nc23)cc1. The second-order valence-corrected chi connectivity index (χ2v) is 8.49. The summed E-state index contributed by atoms with van der Waals surface area (Å²) in [6.45, 7) is 0. The topological polar surface area (TPSA) is 49.8 Å². The number of nitrogens with one attached hydrogen (secondary N) is 2. The van der Waals surface area contributed by atoms with Crippen LogP contribution in [0.4, 0.5) is 22.7 Å². The Bertz CT molecular complexity index is 1480. The first kappa shape index (κ1) is 21.6. The fourth-order valence-electron chi connectivity index (χ4n) is 4.29. The minimum atomic E-state index is 0.804. The molecule has 36 heavy (non-hydrogen) atoms. The molecule has 1 heterocycles. The lowest BCUT2D eigenvalue weighted by Gasteiger charge is -2.17. The second kappa shape index (κ2) is 9.72. The summed E-state index contributed by atoms with van der Waals surface area (Å²) in [5.41, 5.74) is 9.16. The maximum absolute atomic E-state index is 5.26. The molecule has 6 rings (SSSR count). The molecule has 0 unspecified atom stereocenters. The summed E-state index contributed by atoms with van der Waals surface area (Å²) in [6.07, 6.45) is 0. The van der Waals surface area contributed by atoms with Crippen molar-refractivity contribution in [3.63, 3.8) is 0 Å². The van der Waals surface area contributed by atoms with Crippen LogP contribution in [0, 0.1) is 0 Å². The van der Waals surface area contributed by atoms with Crippen molar-refractivity contribution in [2.24, 2.45) is 0 Å². The molecule has 0 aliphatic heterocycles. The zero-order chi connectivity index (χ0) is 24.2. The van der Waals surface area contributed by atoms with Gasteiger partial charge >= 0.3 is 0 Å². The van der Waals surface area contributed by atoms with E-state index in [4.69, 9.17) is 9.97 Å². The third-order valence-corrected chi connectivity index (χ3v) is 6.02. The van der Waals surface area contributed by atoms with Gasteiger partial charge in [-0.15, -0.1) is 0 Å². The van der Waals surface area contributed by atoms with E-state index in [1.807, 2.05) is 97.1 Å². The molecule has 0 aliphatic carbocycles. The van der Waals surface area contributed by atoms with Gasteiger partial charge in [0.15, 0.2) is 0 Å². The normalized spacial score (nSPS) is 10.8. The molecule has 6 aromatic rings. The van der Waals surface area contributed by atoms with Gasteiger partial charge in [0.2, 0.25) is 0 Å². The molecule has 0 amide bonds. The molecule has 0 atom stereocenters. The van der Waals surface area contributed by atoms with Gasteiger partial charge in [0.1, 0.15) is 11.0 Å². The highest BCUT2D eigenvalue weighted by atomic mass is 15.0. The molecule has 2 N–H and O–H groups in total. The molecular formula is C32H24N4. The molecule has 0 fully saturated rings. The number of benzene rings is 5. The summed E-state index contributed by atoms with van der Waals surface area (Å²) in [5, 5.41) is 7.09. The van der Waals surface area contributed by atoms with Crippen LogP contribution in [-0.2, 0) is 0 Å². The van der Waals surface area contributed by atoms with Gasteiger partial charge in [-0.1, -0.05) is 97.1 Å². The molecule has 4 nitrogen and oxygen atoms in total. The third-order valence-electron chi connectivity index (χ3n) is 6.02. The van der Waals surface area contributed by atoms with Crippen molar-refractivity contribution < 1.29 is 0 Å². The Labute approximate surface area is 210 Å². The van der Waals surface area contributed by atoms with Crippen LogP contribution in [0.3, 0.4) is 0 Å². The highest BCUT2D eigenvalue weighted by molar-refractivity contribution is 6.01. The molecule has 0 saturated heterocycles. The summed E-state index contributed by atoms with van der Waals surface area (Å²) in [7, 11) is 0. The Morgan fingerprint density at radius 3 is 1.06 bits per heavy atom. The Morgan fingerprint density at radius 1 is 0.361 bits per heavy atom. The zero-order valence-corrected chi connectivity index (χ0v) is 19.6.